The molecule has 0 fully saturated rings. The number of carbonyl (C=O) groups is 2. The van der Waals surface area contributed by atoms with Crippen LogP contribution in [0.25, 0.3) is 0 Å². The summed E-state index contributed by atoms with van der Waals surface area (Å²) in [6, 6.07) is 5.07. The third-order valence-electron chi connectivity index (χ3n) is 2.77. The van der Waals surface area contributed by atoms with Gasteiger partial charge in [-0.15, -0.1) is 0 Å². The summed E-state index contributed by atoms with van der Waals surface area (Å²) >= 11 is 0. The van der Waals surface area contributed by atoms with E-state index in [-0.39, 0.29) is 30.8 Å². The molecule has 22 heavy (non-hydrogen) atoms. The molecule has 5 heteroatoms. The van der Waals surface area contributed by atoms with Gasteiger partial charge in [-0.1, -0.05) is 0 Å². The molecule has 0 heterocycles. The number of hydrogen-bond donors (Lipinski definition) is 0. The fourth-order valence-electron chi connectivity index (χ4n) is 1.84. The van der Waals surface area contributed by atoms with Crippen LogP contribution >= 0.6 is 0 Å². The Morgan fingerprint density at radius 3 is 2.09 bits per heavy atom. The molecule has 0 bridgehead atoms. The molecule has 0 aliphatic carbocycles. The number of methoxy groups -OCH3 is 1. The summed E-state index contributed by atoms with van der Waals surface area (Å²) in [7, 11) is 1.30. The highest BCUT2D eigenvalue weighted by atomic mass is 16.5. The first-order valence-corrected chi connectivity index (χ1v) is 7.40. The molecule has 0 aliphatic rings. The van der Waals surface area contributed by atoms with Gasteiger partial charge in [0.2, 0.25) is 0 Å². The van der Waals surface area contributed by atoms with Gasteiger partial charge in [0.05, 0.1) is 25.7 Å². The van der Waals surface area contributed by atoms with Crippen molar-refractivity contribution in [3.05, 3.63) is 23.8 Å². The minimum absolute atomic E-state index is 0.00962. The van der Waals surface area contributed by atoms with Crippen LogP contribution in [0.2, 0.25) is 0 Å². The first-order chi connectivity index (χ1) is 10.3. The molecule has 5 nitrogen and oxygen atoms in total. The average Bonchev–Trinajstić information content (AvgIpc) is 2.45. The summed E-state index contributed by atoms with van der Waals surface area (Å²) in [6.07, 6.45) is 0.156. The maximum absolute atomic E-state index is 12.1. The van der Waals surface area contributed by atoms with Crippen molar-refractivity contribution >= 4 is 11.8 Å². The van der Waals surface area contributed by atoms with Crippen molar-refractivity contribution in [1.29, 1.82) is 0 Å². The largest absolute Gasteiger partial charge is 0.487 e. The minimum Gasteiger partial charge on any atom is -0.487 e. The number of hydrogen-bond acceptors (Lipinski definition) is 5. The highest BCUT2D eigenvalue weighted by Crippen LogP contribution is 2.30. The SMILES string of the molecule is COC(=O)CCC(=O)c1ccc(OC(C)C)c(OC(C)C)c1. The first-order valence-electron chi connectivity index (χ1n) is 7.40. The first kappa shape index (κ1) is 18.0. The van der Waals surface area contributed by atoms with Crippen molar-refractivity contribution in [2.75, 3.05) is 7.11 Å². The lowest BCUT2D eigenvalue weighted by molar-refractivity contribution is -0.140. The Hall–Kier alpha value is -2.04. The molecule has 0 amide bonds. The highest BCUT2D eigenvalue weighted by molar-refractivity contribution is 5.98. The van der Waals surface area contributed by atoms with Crippen molar-refractivity contribution in [2.24, 2.45) is 0 Å². The number of ketones is 1. The van der Waals surface area contributed by atoms with E-state index in [1.807, 2.05) is 27.7 Å². The van der Waals surface area contributed by atoms with Gasteiger partial charge in [0.15, 0.2) is 17.3 Å². The Balaban J connectivity index is 2.92. The summed E-state index contributed by atoms with van der Waals surface area (Å²) < 4.78 is 15.9. The molecule has 0 saturated heterocycles. The summed E-state index contributed by atoms with van der Waals surface area (Å²) in [5, 5.41) is 0. The maximum atomic E-state index is 12.1. The van der Waals surface area contributed by atoms with Crippen LogP contribution in [0, 0.1) is 0 Å². The minimum atomic E-state index is -0.397. The van der Waals surface area contributed by atoms with Crippen LogP contribution in [0.1, 0.15) is 50.9 Å². The Bertz CT molecular complexity index is 520. The second-order valence-corrected chi connectivity index (χ2v) is 5.49. The van der Waals surface area contributed by atoms with Gasteiger partial charge in [-0.05, 0) is 45.9 Å². The van der Waals surface area contributed by atoms with Crippen LogP contribution < -0.4 is 9.47 Å². The van der Waals surface area contributed by atoms with Gasteiger partial charge in [0, 0.05) is 12.0 Å². The summed E-state index contributed by atoms with van der Waals surface area (Å²) in [4.78, 5) is 23.2. The molecule has 0 N–H and O–H groups in total. The van der Waals surface area contributed by atoms with E-state index >= 15 is 0 Å². The molecule has 0 unspecified atom stereocenters. The zero-order valence-electron chi connectivity index (χ0n) is 13.8. The van der Waals surface area contributed by atoms with Crippen molar-refractivity contribution in [3.8, 4) is 11.5 Å². The normalized spacial score (nSPS) is 10.7. The Kier molecular flexibility index (Phi) is 6.89. The zero-order valence-corrected chi connectivity index (χ0v) is 13.8. The molecule has 1 aromatic rings. The van der Waals surface area contributed by atoms with Gasteiger partial charge < -0.3 is 14.2 Å². The summed E-state index contributed by atoms with van der Waals surface area (Å²) in [5.74, 6) is 0.614. The maximum Gasteiger partial charge on any atom is 0.305 e. The molecule has 0 aliphatic heterocycles. The van der Waals surface area contributed by atoms with Crippen LogP contribution in [0.5, 0.6) is 11.5 Å². The number of carbonyl (C=O) groups excluding carboxylic acids is 2. The van der Waals surface area contributed by atoms with E-state index < -0.39 is 5.97 Å². The van der Waals surface area contributed by atoms with Crippen molar-refractivity contribution in [2.45, 2.75) is 52.7 Å². The quantitative estimate of drug-likeness (QED) is 0.544. The fourth-order valence-corrected chi connectivity index (χ4v) is 1.84. The molecular formula is C17H24O5. The van der Waals surface area contributed by atoms with Crippen molar-refractivity contribution in [3.63, 3.8) is 0 Å². The predicted octanol–water partition coefficient (Wildman–Crippen LogP) is 3.40. The second kappa shape index (κ2) is 8.41. The van der Waals surface area contributed by atoms with Crippen LogP contribution in [-0.4, -0.2) is 31.1 Å². The van der Waals surface area contributed by atoms with E-state index in [9.17, 15) is 9.59 Å². The Morgan fingerprint density at radius 1 is 0.955 bits per heavy atom. The molecule has 1 aromatic carbocycles. The lowest BCUT2D eigenvalue weighted by atomic mass is 10.1. The molecule has 0 radical (unpaired) electrons. The number of benzene rings is 1. The fraction of sp³-hybridized carbons (Fsp3) is 0.529. The van der Waals surface area contributed by atoms with Crippen LogP contribution in [0.15, 0.2) is 18.2 Å². The summed E-state index contributed by atoms with van der Waals surface area (Å²) in [6.45, 7) is 7.67. The number of esters is 1. The smallest absolute Gasteiger partial charge is 0.305 e. The second-order valence-electron chi connectivity index (χ2n) is 5.49. The molecule has 0 atom stereocenters. The van der Waals surface area contributed by atoms with Gasteiger partial charge >= 0.3 is 5.97 Å². The predicted molar refractivity (Wildman–Crippen MR) is 83.6 cm³/mol. The zero-order chi connectivity index (χ0) is 16.7. The van der Waals surface area contributed by atoms with Gasteiger partial charge in [0.25, 0.3) is 0 Å². The number of ether oxygens (including phenoxy) is 3. The van der Waals surface area contributed by atoms with E-state index in [2.05, 4.69) is 4.74 Å². The summed E-state index contributed by atoms with van der Waals surface area (Å²) in [5.41, 5.74) is 0.496. The van der Waals surface area contributed by atoms with Crippen LogP contribution in [0.4, 0.5) is 0 Å². The van der Waals surface area contributed by atoms with Crippen molar-refractivity contribution in [1.82, 2.24) is 0 Å². The van der Waals surface area contributed by atoms with Crippen molar-refractivity contribution < 1.29 is 23.8 Å². The number of rotatable bonds is 8. The Labute approximate surface area is 131 Å². The molecular weight excluding hydrogens is 284 g/mol. The number of Topliss-reactive ketones (excluding diaryl/α,β-unsaturated/α-hetero) is 1. The van der Waals surface area contributed by atoms with E-state index in [0.717, 1.165) is 0 Å². The van der Waals surface area contributed by atoms with E-state index in [1.165, 1.54) is 7.11 Å². The molecule has 0 spiro atoms. The van der Waals surface area contributed by atoms with Gasteiger partial charge in [-0.3, -0.25) is 9.59 Å². The standard InChI is InChI=1S/C17H24O5/c1-11(2)21-15-8-6-13(10-16(15)22-12(3)4)14(18)7-9-17(19)20-5/h6,8,10-12H,7,9H2,1-5H3. The van der Waals surface area contributed by atoms with Crippen LogP contribution in [0.3, 0.4) is 0 Å². The van der Waals surface area contributed by atoms with E-state index in [1.54, 1.807) is 18.2 Å². The lowest BCUT2D eigenvalue weighted by Gasteiger charge is -2.17. The average molecular weight is 308 g/mol. The topological polar surface area (TPSA) is 61.8 Å². The van der Waals surface area contributed by atoms with E-state index in [4.69, 9.17) is 9.47 Å². The van der Waals surface area contributed by atoms with Gasteiger partial charge in [0.1, 0.15) is 0 Å². The van der Waals surface area contributed by atoms with Gasteiger partial charge in [-0.25, -0.2) is 0 Å². The highest BCUT2D eigenvalue weighted by Gasteiger charge is 2.15. The van der Waals surface area contributed by atoms with Gasteiger partial charge in [-0.2, -0.15) is 0 Å². The van der Waals surface area contributed by atoms with E-state index in [0.29, 0.717) is 17.1 Å². The third kappa shape index (κ3) is 5.76. The lowest BCUT2D eigenvalue weighted by Crippen LogP contribution is -2.12. The molecule has 0 aromatic heterocycles. The molecule has 1 rings (SSSR count). The monoisotopic (exact) mass is 308 g/mol. The van der Waals surface area contributed by atoms with Crippen LogP contribution in [-0.2, 0) is 9.53 Å². The molecule has 122 valence electrons. The Morgan fingerprint density at radius 2 is 1.55 bits per heavy atom. The third-order valence-corrected chi connectivity index (χ3v) is 2.77. The molecule has 0 saturated carbocycles.